The molecular weight excluding hydrogens is 1360 g/mol. The number of aliphatic hydroxyl groups is 6. The van der Waals surface area contributed by atoms with E-state index < -0.39 is 129 Å². The summed E-state index contributed by atoms with van der Waals surface area (Å²) in [6, 6.07) is 15.6. The van der Waals surface area contributed by atoms with Crippen LogP contribution >= 0.6 is 0 Å². The third-order valence-corrected chi connectivity index (χ3v) is 17.5. The van der Waals surface area contributed by atoms with Crippen LogP contribution in [0.4, 0.5) is 23.1 Å². The number of terminal acetylenes is 2. The molecule has 37 nitrogen and oxygen atoms in total. The van der Waals surface area contributed by atoms with E-state index in [0.29, 0.717) is 62.4 Å². The zero-order chi connectivity index (χ0) is 75.3. The van der Waals surface area contributed by atoms with Crippen molar-refractivity contribution >= 4 is 74.4 Å². The first-order chi connectivity index (χ1) is 50.5. The van der Waals surface area contributed by atoms with Crippen molar-refractivity contribution in [2.75, 3.05) is 83.4 Å². The normalized spacial score (nSPS) is 22.6. The lowest BCUT2D eigenvalue weighted by atomic mass is 10.0. The quantitative estimate of drug-likeness (QED) is 0.0142. The number of aromatic nitrogens is 12. The van der Waals surface area contributed by atoms with E-state index in [1.165, 1.54) is 38.0 Å². The molecule has 9 heterocycles. The van der Waals surface area contributed by atoms with E-state index in [9.17, 15) is 45.0 Å². The average Bonchev–Trinajstić information content (AvgIpc) is 1.63. The molecule has 3 fully saturated rings. The van der Waals surface area contributed by atoms with Gasteiger partial charge in [0.1, 0.15) is 68.0 Å². The maximum absolute atomic E-state index is 12.9. The number of nitrogens with one attached hydrogen (secondary N) is 3. The van der Waals surface area contributed by atoms with Crippen LogP contribution in [-0.2, 0) is 47.9 Å². The summed E-state index contributed by atoms with van der Waals surface area (Å²) < 4.78 is 27.7. The summed E-state index contributed by atoms with van der Waals surface area (Å²) in [5.41, 5.74) is 33.4. The maximum Gasteiger partial charge on any atom is 0.237 e. The van der Waals surface area contributed by atoms with Gasteiger partial charge in [-0.25, -0.2) is 44.9 Å². The molecule has 105 heavy (non-hydrogen) atoms. The molecule has 0 saturated carbocycles. The number of hydrogen-bond donors (Lipinski definition) is 12. The Morgan fingerprint density at radius 2 is 0.867 bits per heavy atom. The van der Waals surface area contributed by atoms with Gasteiger partial charge in [-0.2, -0.15) is 0 Å². The van der Waals surface area contributed by atoms with Crippen molar-refractivity contribution in [1.82, 2.24) is 74.5 Å². The van der Waals surface area contributed by atoms with Gasteiger partial charge in [-0.1, -0.05) is 65.5 Å². The molecule has 9 aromatic rings. The van der Waals surface area contributed by atoms with Crippen LogP contribution in [0.2, 0.25) is 0 Å². The summed E-state index contributed by atoms with van der Waals surface area (Å²) in [4.78, 5) is 85.2. The molecule has 15 N–H and O–H groups in total. The zero-order valence-electron chi connectivity index (χ0n) is 58.0. The average molecular weight is 1440 g/mol. The number of azide groups is 1. The predicted molar refractivity (Wildman–Crippen MR) is 381 cm³/mol. The number of rotatable bonds is 24. The Balaban J connectivity index is 0.000000169. The smallest absolute Gasteiger partial charge is 0.237 e. The minimum atomic E-state index is -1.21. The van der Waals surface area contributed by atoms with Crippen molar-refractivity contribution in [3.8, 4) is 30.4 Å². The van der Waals surface area contributed by atoms with Gasteiger partial charge >= 0.3 is 0 Å². The number of aliphatic hydroxyl groups excluding tert-OH is 6. The molecule has 3 saturated heterocycles. The number of carbonyl (C=O) groups excluding carboxylic acids is 3. The first-order valence-electron chi connectivity index (χ1n) is 32.9. The van der Waals surface area contributed by atoms with Crippen molar-refractivity contribution in [3.05, 3.63) is 143 Å². The van der Waals surface area contributed by atoms with Gasteiger partial charge in [0, 0.05) is 58.4 Å². The van der Waals surface area contributed by atoms with Crippen LogP contribution in [0.1, 0.15) is 40.9 Å². The second-order valence-electron chi connectivity index (χ2n) is 25.3. The molecule has 3 aliphatic heterocycles. The second-order valence-corrected chi connectivity index (χ2v) is 25.3. The summed E-state index contributed by atoms with van der Waals surface area (Å²) in [5, 5.41) is 74.4. The first kappa shape index (κ1) is 76.5. The molecule has 0 bridgehead atoms. The molecule has 3 aliphatic rings. The number of anilines is 3. The number of amides is 3. The van der Waals surface area contributed by atoms with E-state index in [0.717, 1.165) is 22.3 Å². The van der Waals surface area contributed by atoms with Gasteiger partial charge < -0.3 is 97.4 Å². The predicted octanol–water partition coefficient (Wildman–Crippen LogP) is -1.47. The third-order valence-electron chi connectivity index (χ3n) is 17.5. The lowest BCUT2D eigenvalue weighted by Gasteiger charge is -2.23. The fraction of sp³-hybridized carbons (Fsp3) is 0.412. The van der Waals surface area contributed by atoms with Crippen LogP contribution in [0.25, 0.3) is 43.9 Å². The standard InChI is InChI=1S/C24H29N7O5.C23H27N7O4.C21H26N10O4/c1-4-9-35-15-7-5-14(6-8-15)10-16(25)23(34)29-18-17(11-32)36-24(20(18)33)31-13-28-19-21(30(2)3)26-12-27-22(19)31;1-4-13-5-7-14(8-6-13)9-15(24)22(33)28-17-16(10-31)34-23(19(17)32)30-12-27-18-20(29(2)3)25-11-26-21(18)30;1-30(2)18-16-19(25-9-24-18)31(10-26-16)21-17(33)15(14(8-32)35-21)27-20(34)13(22)7-11-3-5-12(6-4-11)28-29-23/h1,5-8,12-13,16-18,20,24,32-33H,9-11,25H2,2-3H3,(H,29,34);1,5-8,11-12,15-17,19,23,31-32H,9-10,24H2,2-3H3,(H,28,33);3-6,9-10,13-15,17,21,32-33H,7-8,22H2,1-2H3,(H,27,34)/t16?,17-,18?,20+,24-;15?,16-,17?,19+,23-;13?,14-,15?,17+,21-/m111/s1. The Hall–Kier alpha value is -11.1. The van der Waals surface area contributed by atoms with Gasteiger partial charge in [0.2, 0.25) is 17.7 Å². The highest BCUT2D eigenvalue weighted by Gasteiger charge is 2.49. The van der Waals surface area contributed by atoms with Crippen molar-refractivity contribution < 1.29 is 64.0 Å². The fourth-order valence-electron chi connectivity index (χ4n) is 12.2. The summed E-state index contributed by atoms with van der Waals surface area (Å²) in [6.45, 7) is -1.10. The molecule has 3 aromatic carbocycles. The number of imidazole rings is 3. The Bertz CT molecular complexity index is 4600. The van der Waals surface area contributed by atoms with E-state index in [2.05, 4.69) is 82.7 Å². The van der Waals surface area contributed by atoms with Gasteiger partial charge in [-0.15, -0.1) is 12.8 Å². The number of benzene rings is 3. The Labute approximate surface area is 601 Å². The number of nitrogens with zero attached hydrogens (tertiary/aromatic N) is 18. The zero-order valence-corrected chi connectivity index (χ0v) is 58.0. The fourth-order valence-corrected chi connectivity index (χ4v) is 12.2. The van der Waals surface area contributed by atoms with Gasteiger partial charge in [-0.05, 0) is 65.7 Å². The van der Waals surface area contributed by atoms with Crippen molar-refractivity contribution in [2.45, 2.75) is 111 Å². The molecule has 0 aliphatic carbocycles. The molecule has 6 aromatic heterocycles. The number of ether oxygens (including phenoxy) is 4. The highest BCUT2D eigenvalue weighted by molar-refractivity contribution is 5.86. The Morgan fingerprint density at radius 3 is 1.16 bits per heavy atom. The molecule has 0 spiro atoms. The number of carbonyl (C=O) groups is 3. The van der Waals surface area contributed by atoms with Crippen molar-refractivity contribution in [3.63, 3.8) is 0 Å². The monoisotopic (exact) mass is 1440 g/mol. The van der Waals surface area contributed by atoms with Gasteiger partial charge in [0.15, 0.2) is 69.6 Å². The van der Waals surface area contributed by atoms with Crippen LogP contribution in [0.3, 0.4) is 0 Å². The SMILES string of the molecule is C#CCOc1ccc(CC(N)C(=O)NC2[C@@H](CO)O[C@@H](n3cnc4c(N(C)C)ncnc43)[C@H]2O)cc1.C#Cc1ccc(CC(N)C(=O)NC2[C@@H](CO)O[C@@H](n3cnc4c(N(C)C)ncnc43)[C@H]2O)cc1.CN(C)c1ncnc2c1ncn2[C@@H]1O[C@H](CO)C(NC(=O)C(N)Cc2ccc(N=[N+]=[N-])cc2)[C@@H]1O. The lowest BCUT2D eigenvalue weighted by Crippen LogP contribution is -2.53. The minimum Gasteiger partial charge on any atom is -0.481 e. The number of nitrogens with two attached hydrogens (primary N) is 3. The van der Waals surface area contributed by atoms with Gasteiger partial charge in [0.25, 0.3) is 0 Å². The second kappa shape index (κ2) is 34.4. The van der Waals surface area contributed by atoms with Crippen LogP contribution in [-0.4, -0.2) is 249 Å². The Morgan fingerprint density at radius 1 is 0.543 bits per heavy atom. The van der Waals surface area contributed by atoms with Gasteiger partial charge in [-0.3, -0.25) is 28.1 Å². The molecule has 552 valence electrons. The maximum atomic E-state index is 12.9. The van der Waals surface area contributed by atoms with Crippen LogP contribution in [0, 0.1) is 24.7 Å². The topological polar surface area (TPSA) is 513 Å². The minimum absolute atomic E-state index is 0.165. The highest BCUT2D eigenvalue weighted by atomic mass is 16.6. The molecule has 6 unspecified atom stereocenters. The van der Waals surface area contributed by atoms with Crippen LogP contribution in [0.15, 0.2) is 116 Å². The van der Waals surface area contributed by atoms with Gasteiger partial charge in [0.05, 0.1) is 75.1 Å². The van der Waals surface area contributed by atoms with E-state index in [1.807, 2.05) is 54.4 Å². The van der Waals surface area contributed by atoms with Crippen LogP contribution < -0.4 is 52.6 Å². The summed E-state index contributed by atoms with van der Waals surface area (Å²) in [7, 11) is 11.0. The largest absolute Gasteiger partial charge is 0.481 e. The molecule has 12 rings (SSSR count). The summed E-state index contributed by atoms with van der Waals surface area (Å²) >= 11 is 0. The number of hydrogen-bond acceptors (Lipinski definition) is 29. The van der Waals surface area contributed by atoms with Crippen molar-refractivity contribution in [1.29, 1.82) is 0 Å². The third kappa shape index (κ3) is 17.2. The molecule has 15 atom stereocenters. The van der Waals surface area contributed by atoms with E-state index >= 15 is 0 Å². The summed E-state index contributed by atoms with van der Waals surface area (Å²) in [6.07, 6.45) is 11.0. The molecular formula is C68H82N24O13. The van der Waals surface area contributed by atoms with Crippen LogP contribution in [0.5, 0.6) is 5.75 Å². The Kier molecular flexibility index (Phi) is 25.1. The molecule has 3 amide bonds. The lowest BCUT2D eigenvalue weighted by molar-refractivity contribution is -0.124. The summed E-state index contributed by atoms with van der Waals surface area (Å²) in [5.74, 6) is 5.90. The van der Waals surface area contributed by atoms with E-state index in [4.69, 9.17) is 54.5 Å². The van der Waals surface area contributed by atoms with E-state index in [-0.39, 0.29) is 25.9 Å². The molecule has 37 heteroatoms. The number of fused-ring (bicyclic) bond motifs is 3. The molecule has 0 radical (unpaired) electrons. The first-order valence-corrected chi connectivity index (χ1v) is 32.9. The highest BCUT2D eigenvalue weighted by Crippen LogP contribution is 2.36. The van der Waals surface area contributed by atoms with Crippen molar-refractivity contribution in [2.24, 2.45) is 22.3 Å². The van der Waals surface area contributed by atoms with E-state index in [1.54, 1.807) is 89.1 Å².